The molecule has 2 aliphatic heterocycles. The molecule has 1 aromatic carbocycles. The van der Waals surface area contributed by atoms with Crippen LogP contribution >= 0.6 is 0 Å². The predicted molar refractivity (Wildman–Crippen MR) is 75.1 cm³/mol. The van der Waals surface area contributed by atoms with Crippen molar-refractivity contribution < 1.29 is 9.18 Å². The summed E-state index contributed by atoms with van der Waals surface area (Å²) in [5.41, 5.74) is 0.483. The van der Waals surface area contributed by atoms with E-state index in [0.717, 1.165) is 25.1 Å². The summed E-state index contributed by atoms with van der Waals surface area (Å²) in [6.45, 7) is 7.30. The number of carbonyl (C=O) groups excluding carboxylic acids is 1. The minimum absolute atomic E-state index is 0.0372. The summed E-state index contributed by atoms with van der Waals surface area (Å²) in [5, 5.41) is 3.93. The molecule has 0 saturated carbocycles. The van der Waals surface area contributed by atoms with Crippen molar-refractivity contribution in [1.82, 2.24) is 10.0 Å². The topological polar surface area (TPSA) is 23.6 Å². The Morgan fingerprint density at radius 2 is 2.35 bits per heavy atom. The van der Waals surface area contributed by atoms with E-state index >= 15 is 0 Å². The van der Waals surface area contributed by atoms with Crippen molar-refractivity contribution >= 4 is 5.91 Å². The Labute approximate surface area is 118 Å². The smallest absolute Gasteiger partial charge is 0.245 e. The van der Waals surface area contributed by atoms with E-state index in [2.05, 4.69) is 11.6 Å². The third-order valence-corrected chi connectivity index (χ3v) is 4.34. The second-order valence-corrected chi connectivity index (χ2v) is 5.95. The summed E-state index contributed by atoms with van der Waals surface area (Å²) in [6, 6.07) is 6.53. The highest BCUT2D eigenvalue weighted by atomic mass is 19.1. The zero-order valence-electron chi connectivity index (χ0n) is 11.7. The second-order valence-electron chi connectivity index (χ2n) is 5.95. The van der Waals surface area contributed by atoms with Crippen molar-refractivity contribution in [2.45, 2.75) is 25.8 Å². The fourth-order valence-corrected chi connectivity index (χ4v) is 3.36. The molecule has 20 heavy (non-hydrogen) atoms. The second kappa shape index (κ2) is 4.70. The van der Waals surface area contributed by atoms with Crippen molar-refractivity contribution in [2.75, 3.05) is 13.1 Å². The lowest BCUT2D eigenvalue weighted by atomic mass is 9.86. The van der Waals surface area contributed by atoms with Crippen molar-refractivity contribution in [1.29, 1.82) is 0 Å². The third-order valence-electron chi connectivity index (χ3n) is 4.34. The highest BCUT2D eigenvalue weighted by Gasteiger charge is 2.52. The summed E-state index contributed by atoms with van der Waals surface area (Å²) in [7, 11) is 0. The van der Waals surface area contributed by atoms with Gasteiger partial charge in [0, 0.05) is 13.1 Å². The van der Waals surface area contributed by atoms with E-state index in [4.69, 9.17) is 0 Å². The Bertz CT molecular complexity index is 559. The number of hydrogen-bond donors (Lipinski definition) is 0. The van der Waals surface area contributed by atoms with Crippen LogP contribution in [0.3, 0.4) is 0 Å². The standard InChI is InChI=1S/C16H19FN2O/c1-3-8-16(2)11-18-9-7-14(19(18)15(16)20)12-5-4-6-13(17)10-12/h3-6,10,14H,1,7-9,11H2,2H3. The van der Waals surface area contributed by atoms with E-state index < -0.39 is 5.41 Å². The van der Waals surface area contributed by atoms with E-state index in [0.29, 0.717) is 6.42 Å². The molecule has 3 rings (SSSR count). The fourth-order valence-electron chi connectivity index (χ4n) is 3.36. The molecule has 2 heterocycles. The lowest BCUT2D eigenvalue weighted by Crippen LogP contribution is -2.36. The summed E-state index contributed by atoms with van der Waals surface area (Å²) in [6.07, 6.45) is 3.34. The van der Waals surface area contributed by atoms with Crippen molar-refractivity contribution in [2.24, 2.45) is 5.41 Å². The number of hydrogen-bond acceptors (Lipinski definition) is 2. The molecular formula is C16H19FN2O. The normalized spacial score (nSPS) is 29.8. The third kappa shape index (κ3) is 1.95. The van der Waals surface area contributed by atoms with Crippen LogP contribution in [0.1, 0.15) is 31.4 Å². The van der Waals surface area contributed by atoms with Gasteiger partial charge in [0.1, 0.15) is 5.82 Å². The number of fused-ring (bicyclic) bond motifs is 1. The Kier molecular flexibility index (Phi) is 3.13. The van der Waals surface area contributed by atoms with Gasteiger partial charge in [-0.25, -0.2) is 9.40 Å². The molecular weight excluding hydrogens is 255 g/mol. The highest BCUT2D eigenvalue weighted by Crippen LogP contribution is 2.43. The summed E-state index contributed by atoms with van der Waals surface area (Å²) < 4.78 is 13.4. The number of halogens is 1. The van der Waals surface area contributed by atoms with E-state index in [-0.39, 0.29) is 17.8 Å². The predicted octanol–water partition coefficient (Wildman–Crippen LogP) is 2.91. The Morgan fingerprint density at radius 3 is 3.05 bits per heavy atom. The van der Waals surface area contributed by atoms with Crippen LogP contribution in [0.15, 0.2) is 36.9 Å². The Hall–Kier alpha value is -1.68. The summed E-state index contributed by atoms with van der Waals surface area (Å²) in [5.74, 6) is -0.120. The van der Waals surface area contributed by atoms with Crippen LogP contribution in [0.25, 0.3) is 0 Å². The molecule has 1 aromatic rings. The van der Waals surface area contributed by atoms with Gasteiger partial charge in [0.05, 0.1) is 11.5 Å². The van der Waals surface area contributed by atoms with Gasteiger partial charge < -0.3 is 0 Å². The van der Waals surface area contributed by atoms with Gasteiger partial charge in [-0.15, -0.1) is 6.58 Å². The first kappa shape index (κ1) is 13.3. The SMILES string of the molecule is C=CCC1(C)CN2CCC(c3cccc(F)c3)N2C1=O. The number of allylic oxidation sites excluding steroid dienone is 1. The zero-order chi connectivity index (χ0) is 14.3. The first-order valence-corrected chi connectivity index (χ1v) is 7.00. The van der Waals surface area contributed by atoms with Crippen LogP contribution in [-0.2, 0) is 4.79 Å². The van der Waals surface area contributed by atoms with Crippen LogP contribution in [0.2, 0.25) is 0 Å². The molecule has 2 unspecified atom stereocenters. The molecule has 0 bridgehead atoms. The number of rotatable bonds is 3. The van der Waals surface area contributed by atoms with Crippen LogP contribution in [-0.4, -0.2) is 29.0 Å². The van der Waals surface area contributed by atoms with Gasteiger partial charge >= 0.3 is 0 Å². The number of hydrazine groups is 1. The molecule has 2 aliphatic rings. The fraction of sp³-hybridized carbons (Fsp3) is 0.438. The van der Waals surface area contributed by atoms with Gasteiger partial charge in [0.15, 0.2) is 0 Å². The largest absolute Gasteiger partial charge is 0.273 e. The van der Waals surface area contributed by atoms with E-state index in [9.17, 15) is 9.18 Å². The maximum Gasteiger partial charge on any atom is 0.245 e. The number of carbonyl (C=O) groups is 1. The molecule has 2 fully saturated rings. The van der Waals surface area contributed by atoms with Crippen LogP contribution < -0.4 is 0 Å². The van der Waals surface area contributed by atoms with Crippen molar-refractivity contribution in [3.63, 3.8) is 0 Å². The lowest BCUT2D eigenvalue weighted by Gasteiger charge is -2.26. The minimum Gasteiger partial charge on any atom is -0.273 e. The molecule has 106 valence electrons. The molecule has 0 aromatic heterocycles. The van der Waals surface area contributed by atoms with Gasteiger partial charge in [-0.2, -0.15) is 0 Å². The minimum atomic E-state index is -0.395. The first-order valence-electron chi connectivity index (χ1n) is 7.00. The van der Waals surface area contributed by atoms with E-state index in [1.807, 2.05) is 18.0 Å². The van der Waals surface area contributed by atoms with Gasteiger partial charge in [-0.1, -0.05) is 18.2 Å². The number of amides is 1. The molecule has 0 aliphatic carbocycles. The Morgan fingerprint density at radius 1 is 1.55 bits per heavy atom. The van der Waals surface area contributed by atoms with Crippen LogP contribution in [0.4, 0.5) is 4.39 Å². The molecule has 0 spiro atoms. The summed E-state index contributed by atoms with van der Waals surface area (Å²) in [4.78, 5) is 12.7. The van der Waals surface area contributed by atoms with Crippen LogP contribution in [0.5, 0.6) is 0 Å². The Balaban J connectivity index is 1.90. The molecule has 3 nitrogen and oxygen atoms in total. The molecule has 0 N–H and O–H groups in total. The molecule has 1 amide bonds. The molecule has 4 heteroatoms. The van der Waals surface area contributed by atoms with Gasteiger partial charge in [-0.3, -0.25) is 9.80 Å². The molecule has 2 saturated heterocycles. The van der Waals surface area contributed by atoms with E-state index in [1.165, 1.54) is 12.1 Å². The zero-order valence-corrected chi connectivity index (χ0v) is 11.7. The molecule has 2 atom stereocenters. The quantitative estimate of drug-likeness (QED) is 0.791. The summed E-state index contributed by atoms with van der Waals surface area (Å²) >= 11 is 0. The van der Waals surface area contributed by atoms with Gasteiger partial charge in [0.25, 0.3) is 0 Å². The van der Waals surface area contributed by atoms with Gasteiger partial charge in [0.2, 0.25) is 5.91 Å². The average Bonchev–Trinajstić information content (AvgIpc) is 2.90. The lowest BCUT2D eigenvalue weighted by molar-refractivity contribution is -0.142. The van der Waals surface area contributed by atoms with E-state index in [1.54, 1.807) is 12.1 Å². The maximum atomic E-state index is 13.4. The van der Waals surface area contributed by atoms with Gasteiger partial charge in [-0.05, 0) is 37.5 Å². The average molecular weight is 274 g/mol. The molecule has 0 radical (unpaired) electrons. The van der Waals surface area contributed by atoms with Crippen molar-refractivity contribution in [3.8, 4) is 0 Å². The first-order chi connectivity index (χ1) is 9.55. The monoisotopic (exact) mass is 274 g/mol. The maximum absolute atomic E-state index is 13.4. The highest BCUT2D eigenvalue weighted by molar-refractivity contribution is 5.85. The van der Waals surface area contributed by atoms with Crippen molar-refractivity contribution in [3.05, 3.63) is 48.3 Å². The van der Waals surface area contributed by atoms with Crippen LogP contribution in [0, 0.1) is 11.2 Å². The number of benzene rings is 1. The number of nitrogens with zero attached hydrogens (tertiary/aromatic N) is 2.